The highest BCUT2D eigenvalue weighted by molar-refractivity contribution is 7.80. The molecule has 1 aliphatic rings. The number of halogens is 1. The maximum Gasteiger partial charge on any atom is 0.335 e. The van der Waals surface area contributed by atoms with Gasteiger partial charge >= 0.3 is 5.97 Å². The first-order valence-corrected chi connectivity index (χ1v) is 11.0. The van der Waals surface area contributed by atoms with Crippen LogP contribution < -0.4 is 10.2 Å². The quantitative estimate of drug-likeness (QED) is 0.349. The Morgan fingerprint density at radius 2 is 1.88 bits per heavy atom. The van der Waals surface area contributed by atoms with E-state index in [1.54, 1.807) is 24.4 Å². The van der Waals surface area contributed by atoms with Crippen molar-refractivity contribution in [2.75, 3.05) is 4.90 Å². The number of carboxylic acids is 1. The second kappa shape index (κ2) is 8.69. The first kappa shape index (κ1) is 21.2. The third-order valence-corrected chi connectivity index (χ3v) is 6.08. The van der Waals surface area contributed by atoms with Gasteiger partial charge in [0.25, 0.3) is 0 Å². The van der Waals surface area contributed by atoms with E-state index in [0.29, 0.717) is 27.2 Å². The van der Waals surface area contributed by atoms with Crippen molar-refractivity contribution in [3.05, 3.63) is 107 Å². The van der Waals surface area contributed by atoms with Crippen LogP contribution in [0.5, 0.6) is 0 Å². The van der Waals surface area contributed by atoms with E-state index in [1.165, 1.54) is 0 Å². The molecule has 6 nitrogen and oxygen atoms in total. The molecule has 8 heteroatoms. The van der Waals surface area contributed by atoms with Crippen LogP contribution in [0.3, 0.4) is 0 Å². The molecule has 2 atom stereocenters. The van der Waals surface area contributed by atoms with Gasteiger partial charge in [0.15, 0.2) is 5.11 Å². The number of nitrogens with zero attached hydrogens (tertiary/aromatic N) is 2. The van der Waals surface area contributed by atoms with E-state index in [4.69, 9.17) is 28.2 Å². The van der Waals surface area contributed by atoms with Crippen molar-refractivity contribution in [1.29, 1.82) is 0 Å². The number of thiocarbonyl (C=S) groups is 1. The predicted octanol–water partition coefficient (Wildman–Crippen LogP) is 5.87. The van der Waals surface area contributed by atoms with Crippen LogP contribution in [0.15, 0.2) is 89.5 Å². The highest BCUT2D eigenvalue weighted by Gasteiger charge is 2.42. The van der Waals surface area contributed by atoms with Crippen LogP contribution in [0.25, 0.3) is 11.3 Å². The van der Waals surface area contributed by atoms with Crippen molar-refractivity contribution in [3.63, 3.8) is 0 Å². The number of benzene rings is 2. The Bertz CT molecular complexity index is 1320. The van der Waals surface area contributed by atoms with Crippen molar-refractivity contribution in [1.82, 2.24) is 10.3 Å². The molecule has 2 aromatic heterocycles. The minimum Gasteiger partial charge on any atom is -0.478 e. The van der Waals surface area contributed by atoms with E-state index in [0.717, 1.165) is 11.4 Å². The lowest BCUT2D eigenvalue weighted by molar-refractivity contribution is 0.0697. The highest BCUT2D eigenvalue weighted by atomic mass is 35.5. The zero-order valence-electron chi connectivity index (χ0n) is 17.2. The lowest BCUT2D eigenvalue weighted by Crippen LogP contribution is -2.29. The fourth-order valence-corrected chi connectivity index (χ4v) is 4.47. The molecule has 1 saturated heterocycles. The summed E-state index contributed by atoms with van der Waals surface area (Å²) in [6, 6.07) is 23.0. The minimum atomic E-state index is -0.988. The van der Waals surface area contributed by atoms with Crippen molar-refractivity contribution in [3.8, 4) is 11.3 Å². The number of aromatic carboxylic acids is 1. The molecule has 3 heterocycles. The number of carbonyl (C=O) groups is 1. The zero-order chi connectivity index (χ0) is 22.9. The molecule has 2 unspecified atom stereocenters. The number of nitrogens with one attached hydrogen (secondary N) is 1. The predicted molar refractivity (Wildman–Crippen MR) is 130 cm³/mol. The number of hydrogen-bond acceptors (Lipinski definition) is 4. The van der Waals surface area contributed by atoms with Crippen LogP contribution in [0, 0.1) is 0 Å². The number of rotatable bonds is 5. The Morgan fingerprint density at radius 3 is 2.61 bits per heavy atom. The summed E-state index contributed by atoms with van der Waals surface area (Å²) in [6.07, 6.45) is 1.74. The lowest BCUT2D eigenvalue weighted by Gasteiger charge is -2.26. The molecule has 0 aliphatic carbocycles. The minimum absolute atomic E-state index is 0.198. The normalized spacial score (nSPS) is 17.7. The summed E-state index contributed by atoms with van der Waals surface area (Å²) >= 11 is 11.8. The number of anilines is 1. The molecule has 164 valence electrons. The topological polar surface area (TPSA) is 78.6 Å². The van der Waals surface area contributed by atoms with Gasteiger partial charge in [-0.05, 0) is 72.9 Å². The number of pyridine rings is 1. The van der Waals surface area contributed by atoms with Crippen LogP contribution in [0.4, 0.5) is 5.69 Å². The molecule has 0 saturated carbocycles. The Hall–Kier alpha value is -3.68. The monoisotopic (exact) mass is 475 g/mol. The maximum atomic E-state index is 11.4. The molecule has 0 radical (unpaired) electrons. The van der Waals surface area contributed by atoms with Gasteiger partial charge in [-0.25, -0.2) is 4.79 Å². The SMILES string of the molecule is O=C(O)c1cccc(-c2ccc(C3C(c4ccccn4)NC(=S)N3c3ccc(Cl)cc3)o2)c1. The standard InChI is InChI=1S/C25H18ClN3O3S/c26-17-7-9-18(10-8-17)29-23(22(28-25(29)33)19-6-1-2-13-27-19)21-12-11-20(32-21)15-4-3-5-16(14-15)24(30)31/h1-14,22-23H,(H,28,33)(H,30,31). The summed E-state index contributed by atoms with van der Waals surface area (Å²) in [5, 5.41) is 13.9. The third kappa shape index (κ3) is 4.08. The first-order valence-electron chi connectivity index (χ1n) is 10.2. The van der Waals surface area contributed by atoms with Crippen LogP contribution >= 0.6 is 23.8 Å². The van der Waals surface area contributed by atoms with Crippen molar-refractivity contribution < 1.29 is 14.3 Å². The largest absolute Gasteiger partial charge is 0.478 e. The molecule has 2 aromatic carbocycles. The van der Waals surface area contributed by atoms with Crippen LogP contribution in [0.1, 0.15) is 33.9 Å². The van der Waals surface area contributed by atoms with Gasteiger partial charge in [0, 0.05) is 22.5 Å². The zero-order valence-corrected chi connectivity index (χ0v) is 18.8. The molecule has 0 amide bonds. The van der Waals surface area contributed by atoms with Crippen LogP contribution in [-0.2, 0) is 0 Å². The van der Waals surface area contributed by atoms with E-state index in [9.17, 15) is 9.90 Å². The van der Waals surface area contributed by atoms with Crippen molar-refractivity contribution in [2.24, 2.45) is 0 Å². The van der Waals surface area contributed by atoms with E-state index < -0.39 is 5.97 Å². The van der Waals surface area contributed by atoms with Gasteiger partial charge < -0.3 is 19.7 Å². The third-order valence-electron chi connectivity index (χ3n) is 5.52. The molecule has 5 rings (SSSR count). The summed E-state index contributed by atoms with van der Waals surface area (Å²) in [4.78, 5) is 17.9. The highest BCUT2D eigenvalue weighted by Crippen LogP contribution is 2.43. The molecule has 0 bridgehead atoms. The second-order valence-electron chi connectivity index (χ2n) is 7.56. The maximum absolute atomic E-state index is 11.4. The molecule has 33 heavy (non-hydrogen) atoms. The summed E-state index contributed by atoms with van der Waals surface area (Å²) in [5.74, 6) is 0.253. The van der Waals surface area contributed by atoms with Gasteiger partial charge in [0.2, 0.25) is 0 Å². The van der Waals surface area contributed by atoms with Gasteiger partial charge in [-0.2, -0.15) is 0 Å². The van der Waals surface area contributed by atoms with Crippen LogP contribution in [-0.4, -0.2) is 21.2 Å². The van der Waals surface area contributed by atoms with Gasteiger partial charge in [-0.3, -0.25) is 4.98 Å². The fraction of sp³-hybridized carbons (Fsp3) is 0.0800. The first-order chi connectivity index (χ1) is 16.0. The van der Waals surface area contributed by atoms with Gasteiger partial charge in [0.05, 0.1) is 17.3 Å². The fourth-order valence-electron chi connectivity index (χ4n) is 4.00. The Labute approximate surface area is 200 Å². The van der Waals surface area contributed by atoms with Gasteiger partial charge in [-0.15, -0.1) is 0 Å². The van der Waals surface area contributed by atoms with Crippen molar-refractivity contribution >= 4 is 40.6 Å². The molecular formula is C25H18ClN3O3S. The number of furan rings is 1. The molecule has 0 spiro atoms. The van der Waals surface area contributed by atoms with Crippen LogP contribution in [0.2, 0.25) is 5.02 Å². The van der Waals surface area contributed by atoms with Gasteiger partial charge in [0.1, 0.15) is 17.6 Å². The molecule has 2 N–H and O–H groups in total. The molecule has 1 fully saturated rings. The summed E-state index contributed by atoms with van der Waals surface area (Å²) < 4.78 is 6.28. The average molecular weight is 476 g/mol. The second-order valence-corrected chi connectivity index (χ2v) is 8.38. The molecule has 4 aromatic rings. The number of carboxylic acid groups (broad SMARTS) is 1. The lowest BCUT2D eigenvalue weighted by atomic mass is 10.0. The number of hydrogen-bond donors (Lipinski definition) is 2. The Balaban J connectivity index is 1.58. The van der Waals surface area contributed by atoms with E-state index in [2.05, 4.69) is 10.3 Å². The molecule has 1 aliphatic heterocycles. The van der Waals surface area contributed by atoms with E-state index in [-0.39, 0.29) is 17.6 Å². The number of aromatic nitrogens is 1. The van der Waals surface area contributed by atoms with Gasteiger partial charge in [-0.1, -0.05) is 29.8 Å². The van der Waals surface area contributed by atoms with E-state index in [1.807, 2.05) is 65.6 Å². The Kier molecular flexibility index (Phi) is 5.58. The summed E-state index contributed by atoms with van der Waals surface area (Å²) in [5.41, 5.74) is 2.57. The Morgan fingerprint density at radius 1 is 1.06 bits per heavy atom. The molecular weight excluding hydrogens is 458 g/mol. The summed E-state index contributed by atoms with van der Waals surface area (Å²) in [7, 11) is 0. The summed E-state index contributed by atoms with van der Waals surface area (Å²) in [6.45, 7) is 0. The average Bonchev–Trinajstić information content (AvgIpc) is 3.45. The van der Waals surface area contributed by atoms with Crippen molar-refractivity contribution in [2.45, 2.75) is 12.1 Å². The smallest absolute Gasteiger partial charge is 0.335 e. The van der Waals surface area contributed by atoms with E-state index >= 15 is 0 Å².